The van der Waals surface area contributed by atoms with E-state index in [1.165, 1.54) is 12.1 Å². The number of halogens is 1. The second-order valence-corrected chi connectivity index (χ2v) is 20.5. The van der Waals surface area contributed by atoms with Crippen LogP contribution < -0.4 is 43.0 Å². The van der Waals surface area contributed by atoms with Gasteiger partial charge in [-0.05, 0) is 103 Å². The number of primary amides is 1. The Labute approximate surface area is 509 Å². The number of phenols is 1. The Balaban J connectivity index is 1.23. The predicted octanol–water partition coefficient (Wildman–Crippen LogP) is 7.77. The molecule has 0 heterocycles. The molecule has 8 amide bonds. The second kappa shape index (κ2) is 35.4. The van der Waals surface area contributed by atoms with Crippen LogP contribution in [0.4, 0.5) is 19.2 Å². The van der Waals surface area contributed by atoms with E-state index >= 15 is 0 Å². The summed E-state index contributed by atoms with van der Waals surface area (Å²) in [6.45, 7) is 2.93. The number of nitrogens with two attached hydrogens (primary N) is 1. The monoisotopic (exact) mass is 1210 g/mol. The zero-order valence-electron chi connectivity index (χ0n) is 48.3. The van der Waals surface area contributed by atoms with Gasteiger partial charge in [-0.1, -0.05) is 151 Å². The number of aliphatic imine (C=N–C) groups is 1. The van der Waals surface area contributed by atoms with Gasteiger partial charge < -0.3 is 56.4 Å². The van der Waals surface area contributed by atoms with E-state index in [2.05, 4.69) is 42.2 Å². The van der Waals surface area contributed by atoms with E-state index in [-0.39, 0.29) is 89.8 Å². The number of unbranched alkanes of at least 4 members (excludes halogenated alkanes) is 1. The number of ether oxygens (including phenoxy) is 4. The molecule has 0 aliphatic carbocycles. The highest BCUT2D eigenvalue weighted by Gasteiger charge is 2.32. The molecule has 22 nitrogen and oxygen atoms in total. The number of carbonyl (C=O) groups excluding carboxylic acids is 8. The molecule has 10 N–H and O–H groups in total. The van der Waals surface area contributed by atoms with Gasteiger partial charge >= 0.3 is 24.4 Å². The third-order valence-electron chi connectivity index (χ3n) is 13.4. The molecule has 23 heteroatoms. The molecule has 0 aliphatic heterocycles. The maximum atomic E-state index is 14.9. The molecule has 0 aliphatic rings. The van der Waals surface area contributed by atoms with E-state index in [0.717, 1.165) is 0 Å². The molecule has 6 rings (SSSR count). The molecule has 458 valence electrons. The van der Waals surface area contributed by atoms with Crippen molar-refractivity contribution in [1.29, 1.82) is 0 Å². The van der Waals surface area contributed by atoms with Crippen LogP contribution in [0.1, 0.15) is 76.6 Å². The average Bonchev–Trinajstić information content (AvgIpc) is 2.91. The Kier molecular flexibility index (Phi) is 26.9. The molecule has 0 aromatic heterocycles. The summed E-state index contributed by atoms with van der Waals surface area (Å²) < 4.78 is 21.6. The van der Waals surface area contributed by atoms with Gasteiger partial charge in [-0.3, -0.25) is 34.8 Å². The number of hydrogen-bond acceptors (Lipinski definition) is 14. The zero-order chi connectivity index (χ0) is 62.3. The van der Waals surface area contributed by atoms with Crippen molar-refractivity contribution in [2.45, 2.75) is 109 Å². The number of phenolic OH excluding ortho intramolecular Hbond substituents is 1. The van der Waals surface area contributed by atoms with Crippen molar-refractivity contribution >= 4 is 65.6 Å². The fraction of sp³-hybridized carbons (Fsp3) is 0.297. The summed E-state index contributed by atoms with van der Waals surface area (Å²) in [5.74, 6) is -3.69. The van der Waals surface area contributed by atoms with Gasteiger partial charge in [-0.25, -0.2) is 19.2 Å². The average molecular weight is 1210 g/mol. The van der Waals surface area contributed by atoms with Crippen LogP contribution in [-0.4, -0.2) is 96.3 Å². The van der Waals surface area contributed by atoms with Crippen LogP contribution in [0.25, 0.3) is 0 Å². The second-order valence-electron chi connectivity index (χ2n) is 20.1. The molecule has 6 aromatic carbocycles. The Morgan fingerprint density at radius 1 is 0.494 bits per heavy atom. The maximum absolute atomic E-state index is 14.9. The number of aromatic hydroxyl groups is 1. The summed E-state index contributed by atoms with van der Waals surface area (Å²) in [5, 5.41) is 29.3. The lowest BCUT2D eigenvalue weighted by molar-refractivity contribution is -0.133. The number of nitrogens with zero attached hydrogens (tertiary/aromatic N) is 1. The first kappa shape index (κ1) is 66.2. The van der Waals surface area contributed by atoms with Crippen LogP contribution in [0.15, 0.2) is 163 Å². The Bertz CT molecular complexity index is 3190. The number of benzene rings is 6. The lowest BCUT2D eigenvalue weighted by atomic mass is 9.95. The van der Waals surface area contributed by atoms with Crippen molar-refractivity contribution in [3.05, 3.63) is 207 Å². The van der Waals surface area contributed by atoms with Crippen LogP contribution in [0.3, 0.4) is 0 Å². The van der Waals surface area contributed by atoms with Crippen molar-refractivity contribution in [1.82, 2.24) is 37.2 Å². The summed E-state index contributed by atoms with van der Waals surface area (Å²) in [7, 11) is 0. The highest BCUT2D eigenvalue weighted by atomic mass is 35.5. The minimum atomic E-state index is -1.47. The fourth-order valence-electron chi connectivity index (χ4n) is 8.82. The number of carbonyl (C=O) groups is 8. The van der Waals surface area contributed by atoms with Crippen molar-refractivity contribution in [3.8, 4) is 5.75 Å². The van der Waals surface area contributed by atoms with Gasteiger partial charge in [-0.15, -0.1) is 0 Å². The van der Waals surface area contributed by atoms with Crippen LogP contribution >= 0.6 is 11.6 Å². The molecule has 1 unspecified atom stereocenters. The summed E-state index contributed by atoms with van der Waals surface area (Å²) in [4.78, 5) is 114. The third-order valence-corrected chi connectivity index (χ3v) is 13.8. The van der Waals surface area contributed by atoms with E-state index in [9.17, 15) is 43.5 Å². The van der Waals surface area contributed by atoms with E-state index in [0.29, 0.717) is 56.0 Å². The van der Waals surface area contributed by atoms with E-state index in [4.69, 9.17) is 36.3 Å². The zero-order valence-corrected chi connectivity index (χ0v) is 49.0. The van der Waals surface area contributed by atoms with E-state index in [1.54, 1.807) is 159 Å². The number of guanidine groups is 1. The lowest BCUT2D eigenvalue weighted by Gasteiger charge is -2.27. The highest BCUT2D eigenvalue weighted by molar-refractivity contribution is 6.31. The Morgan fingerprint density at radius 2 is 0.931 bits per heavy atom. The molecule has 6 aromatic rings. The van der Waals surface area contributed by atoms with Crippen LogP contribution in [0.5, 0.6) is 5.75 Å². The van der Waals surface area contributed by atoms with Gasteiger partial charge in [0.15, 0.2) is 0 Å². The maximum Gasteiger partial charge on any atom is 0.414 e. The quantitative estimate of drug-likeness (QED) is 0.00939. The molecule has 0 bridgehead atoms. The van der Waals surface area contributed by atoms with Crippen molar-refractivity contribution in [2.75, 3.05) is 13.1 Å². The molecule has 0 fully saturated rings. The number of amides is 8. The van der Waals surface area contributed by atoms with Crippen LogP contribution in [0.2, 0.25) is 5.02 Å². The number of alkyl carbamates (subject to hydrolysis) is 4. The van der Waals surface area contributed by atoms with Gasteiger partial charge in [0.2, 0.25) is 29.6 Å². The molecule has 87 heavy (non-hydrogen) atoms. The molecular weight excluding hydrogens is 1140 g/mol. The minimum absolute atomic E-state index is 0.00922. The van der Waals surface area contributed by atoms with Gasteiger partial charge in [-0.2, -0.15) is 0 Å². The Hall–Kier alpha value is -9.96. The molecule has 0 saturated heterocycles. The van der Waals surface area contributed by atoms with Crippen molar-refractivity contribution in [2.24, 2.45) is 10.7 Å². The SMILES string of the molecule is Cc1cc(O)cc(C)c1C[C@H](NC(=O)[C@@H](CCCN=C(NC(=O)OCc1ccccc1)NC(=O)OCc1ccccc1)NC(=O)OCc1ccccc1)C(=O)N[C@@H](CCCCNC(=O)OCc1ccccc1Cl)C(=O)NC(Cc1ccccc1)C(N)=O. The first-order valence-electron chi connectivity index (χ1n) is 28.1. The fourth-order valence-corrected chi connectivity index (χ4v) is 9.01. The molecule has 0 saturated carbocycles. The van der Waals surface area contributed by atoms with Crippen molar-refractivity contribution in [3.63, 3.8) is 0 Å². The molecule has 0 spiro atoms. The summed E-state index contributed by atoms with van der Waals surface area (Å²) in [6.07, 6.45) is -3.38. The van der Waals surface area contributed by atoms with Crippen LogP contribution in [-0.2, 0) is 77.4 Å². The standard InChI is InChI=1S/C64H72ClN9O13/c1-42-34-49(75)35-43(2)50(42)37-55(59(79)69-52(57(77)70-54(56(66)76)36-44-20-7-3-8-21-44)30-17-18-32-68-61(80)87-41-48-28-15-16-29-51(48)65)71-58(78)53(72-62(81)84-38-45-22-9-4-10-23-45)31-19-33-67-60(73-63(82)85-39-46-24-11-5-12-25-46)74-64(83)86-40-47-26-13-6-14-27-47/h3-16,20-29,34-35,52-55,75H,17-19,30-33,36-41H2,1-2H3,(H2,66,76)(H,68,80)(H,69,79)(H,70,77)(H,71,78)(H,72,81)(H2,67,73,74,82,83)/t52-,53+,54?,55-/m0/s1. The minimum Gasteiger partial charge on any atom is -0.508 e. The number of rotatable bonds is 29. The third kappa shape index (κ3) is 23.9. The first-order chi connectivity index (χ1) is 42.0. The van der Waals surface area contributed by atoms with Crippen LogP contribution in [0, 0.1) is 13.8 Å². The van der Waals surface area contributed by atoms with Gasteiger partial charge in [0.1, 0.15) is 56.3 Å². The predicted molar refractivity (Wildman–Crippen MR) is 325 cm³/mol. The molecule has 4 atom stereocenters. The highest BCUT2D eigenvalue weighted by Crippen LogP contribution is 2.23. The van der Waals surface area contributed by atoms with Gasteiger partial charge in [0, 0.05) is 36.5 Å². The largest absolute Gasteiger partial charge is 0.508 e. The summed E-state index contributed by atoms with van der Waals surface area (Å²) in [6, 6.07) is 39.8. The topological polar surface area (TPSA) is 316 Å². The number of nitrogens with one attached hydrogen (secondary N) is 7. The number of hydrogen-bond donors (Lipinski definition) is 9. The smallest absolute Gasteiger partial charge is 0.414 e. The normalized spacial score (nSPS) is 12.0. The Morgan fingerprint density at radius 3 is 1.46 bits per heavy atom. The summed E-state index contributed by atoms with van der Waals surface area (Å²) in [5.41, 5.74) is 10.9. The van der Waals surface area contributed by atoms with Gasteiger partial charge in [0.25, 0.3) is 0 Å². The molecular formula is C64H72ClN9O13. The lowest BCUT2D eigenvalue weighted by Crippen LogP contribution is -2.58. The van der Waals surface area contributed by atoms with E-state index < -0.39 is 72.2 Å². The summed E-state index contributed by atoms with van der Waals surface area (Å²) >= 11 is 6.21. The van der Waals surface area contributed by atoms with E-state index in [1.807, 2.05) is 0 Å². The number of aryl methyl sites for hydroxylation is 2. The first-order valence-corrected chi connectivity index (χ1v) is 28.5. The van der Waals surface area contributed by atoms with Crippen molar-refractivity contribution < 1.29 is 62.4 Å². The van der Waals surface area contributed by atoms with Gasteiger partial charge in [0.05, 0.1) is 0 Å². The molecule has 0 radical (unpaired) electrons.